The van der Waals surface area contributed by atoms with Gasteiger partial charge in [0, 0.05) is 25.3 Å². The molecule has 100 valence electrons. The Morgan fingerprint density at radius 1 is 1.50 bits per heavy atom. The molecular formula is C14H22ClN3. The summed E-state index contributed by atoms with van der Waals surface area (Å²) in [5.74, 6) is 1.75. The van der Waals surface area contributed by atoms with Crippen LogP contribution >= 0.6 is 11.6 Å². The zero-order valence-corrected chi connectivity index (χ0v) is 12.0. The lowest BCUT2D eigenvalue weighted by Crippen LogP contribution is -2.39. The summed E-state index contributed by atoms with van der Waals surface area (Å²) in [6, 6.07) is 4.50. The van der Waals surface area contributed by atoms with E-state index in [1.54, 1.807) is 6.20 Å². The van der Waals surface area contributed by atoms with Crippen molar-refractivity contribution in [2.45, 2.75) is 32.7 Å². The highest BCUT2D eigenvalue weighted by Crippen LogP contribution is 2.24. The standard InChI is InChI=1S/C14H22ClN3/c1-11(2)8-16-10-13-4-3-7-18(13)14-6-5-12(15)9-17-14/h5-6,9,11,13,16H,3-4,7-8,10H2,1-2H3. The number of nitrogens with zero attached hydrogens (tertiary/aromatic N) is 2. The van der Waals surface area contributed by atoms with Crippen molar-refractivity contribution >= 4 is 17.4 Å². The Hall–Kier alpha value is -0.800. The second-order valence-electron chi connectivity index (χ2n) is 5.38. The molecule has 2 heterocycles. The van der Waals surface area contributed by atoms with E-state index < -0.39 is 0 Å². The van der Waals surface area contributed by atoms with Crippen molar-refractivity contribution in [1.29, 1.82) is 0 Å². The molecular weight excluding hydrogens is 246 g/mol. The molecule has 0 saturated carbocycles. The van der Waals surface area contributed by atoms with Gasteiger partial charge in [0.1, 0.15) is 5.82 Å². The summed E-state index contributed by atoms with van der Waals surface area (Å²) in [4.78, 5) is 6.81. The SMILES string of the molecule is CC(C)CNCC1CCCN1c1ccc(Cl)cn1. The van der Waals surface area contributed by atoms with Crippen molar-refractivity contribution in [3.63, 3.8) is 0 Å². The predicted octanol–water partition coefficient (Wildman–Crippen LogP) is 2.95. The van der Waals surface area contributed by atoms with Crippen molar-refractivity contribution in [2.75, 3.05) is 24.5 Å². The van der Waals surface area contributed by atoms with Crippen molar-refractivity contribution in [3.8, 4) is 0 Å². The molecule has 0 aliphatic carbocycles. The van der Waals surface area contributed by atoms with Gasteiger partial charge >= 0.3 is 0 Å². The summed E-state index contributed by atoms with van der Waals surface area (Å²) in [6.07, 6.45) is 4.22. The Morgan fingerprint density at radius 2 is 2.33 bits per heavy atom. The van der Waals surface area contributed by atoms with E-state index in [1.165, 1.54) is 12.8 Å². The molecule has 0 aromatic carbocycles. The molecule has 1 fully saturated rings. The third-order valence-electron chi connectivity index (χ3n) is 3.32. The summed E-state index contributed by atoms with van der Waals surface area (Å²) in [5, 5.41) is 4.24. The van der Waals surface area contributed by atoms with Crippen LogP contribution in [0.1, 0.15) is 26.7 Å². The molecule has 1 aromatic heterocycles. The fraction of sp³-hybridized carbons (Fsp3) is 0.643. The van der Waals surface area contributed by atoms with E-state index in [4.69, 9.17) is 11.6 Å². The maximum atomic E-state index is 5.88. The highest BCUT2D eigenvalue weighted by molar-refractivity contribution is 6.30. The molecule has 0 radical (unpaired) electrons. The third-order valence-corrected chi connectivity index (χ3v) is 3.54. The van der Waals surface area contributed by atoms with Gasteiger partial charge in [-0.05, 0) is 37.4 Å². The monoisotopic (exact) mass is 267 g/mol. The first-order valence-corrected chi connectivity index (χ1v) is 7.13. The Balaban J connectivity index is 1.92. The minimum Gasteiger partial charge on any atom is -0.352 e. The number of pyridine rings is 1. The lowest BCUT2D eigenvalue weighted by molar-refractivity contribution is 0.511. The van der Waals surface area contributed by atoms with Crippen molar-refractivity contribution in [3.05, 3.63) is 23.4 Å². The Labute approximate surface area is 115 Å². The van der Waals surface area contributed by atoms with Crippen molar-refractivity contribution in [1.82, 2.24) is 10.3 Å². The fourth-order valence-electron chi connectivity index (χ4n) is 2.43. The van der Waals surface area contributed by atoms with Crippen molar-refractivity contribution < 1.29 is 0 Å². The zero-order chi connectivity index (χ0) is 13.0. The average Bonchev–Trinajstić information content (AvgIpc) is 2.78. The highest BCUT2D eigenvalue weighted by Gasteiger charge is 2.25. The van der Waals surface area contributed by atoms with Crippen LogP contribution in [0.2, 0.25) is 5.02 Å². The first-order valence-electron chi connectivity index (χ1n) is 6.75. The number of hydrogen-bond acceptors (Lipinski definition) is 3. The van der Waals surface area contributed by atoms with Gasteiger partial charge in [0.25, 0.3) is 0 Å². The largest absolute Gasteiger partial charge is 0.352 e. The molecule has 4 heteroatoms. The minimum atomic E-state index is 0.567. The van der Waals surface area contributed by atoms with Crippen LogP contribution in [0.5, 0.6) is 0 Å². The second-order valence-corrected chi connectivity index (χ2v) is 5.81. The van der Waals surface area contributed by atoms with Gasteiger partial charge in [0.15, 0.2) is 0 Å². The third kappa shape index (κ3) is 3.59. The topological polar surface area (TPSA) is 28.2 Å². The Morgan fingerprint density at radius 3 is 3.00 bits per heavy atom. The van der Waals surface area contributed by atoms with Gasteiger partial charge in [0.2, 0.25) is 0 Å². The molecule has 0 amide bonds. The Bertz CT molecular complexity index is 364. The highest BCUT2D eigenvalue weighted by atomic mass is 35.5. The maximum Gasteiger partial charge on any atom is 0.128 e. The van der Waals surface area contributed by atoms with Crippen LogP contribution in [0.15, 0.2) is 18.3 Å². The molecule has 1 aromatic rings. The summed E-state index contributed by atoms with van der Waals surface area (Å²) in [5.41, 5.74) is 0. The number of rotatable bonds is 5. The molecule has 1 atom stereocenters. The lowest BCUT2D eigenvalue weighted by atomic mass is 10.2. The summed E-state index contributed by atoms with van der Waals surface area (Å²) in [7, 11) is 0. The van der Waals surface area contributed by atoms with Gasteiger partial charge in [-0.15, -0.1) is 0 Å². The molecule has 3 nitrogen and oxygen atoms in total. The molecule has 18 heavy (non-hydrogen) atoms. The molecule has 0 bridgehead atoms. The number of nitrogens with one attached hydrogen (secondary N) is 1. The first kappa shape index (κ1) is 13.6. The van der Waals surface area contributed by atoms with E-state index in [1.807, 2.05) is 12.1 Å². The zero-order valence-electron chi connectivity index (χ0n) is 11.2. The van der Waals surface area contributed by atoms with E-state index in [-0.39, 0.29) is 0 Å². The predicted molar refractivity (Wildman–Crippen MR) is 77.3 cm³/mol. The number of aromatic nitrogens is 1. The quantitative estimate of drug-likeness (QED) is 0.889. The number of anilines is 1. The van der Waals surface area contributed by atoms with Gasteiger partial charge < -0.3 is 10.2 Å². The van der Waals surface area contributed by atoms with E-state index in [2.05, 4.69) is 29.0 Å². The summed E-state index contributed by atoms with van der Waals surface area (Å²) in [6.45, 7) is 7.70. The fourth-order valence-corrected chi connectivity index (χ4v) is 2.54. The Kier molecular flexibility index (Phi) is 4.84. The van der Waals surface area contributed by atoms with Gasteiger partial charge in [-0.25, -0.2) is 4.98 Å². The van der Waals surface area contributed by atoms with Crippen LogP contribution in [0, 0.1) is 5.92 Å². The average molecular weight is 268 g/mol. The molecule has 1 aliphatic heterocycles. The van der Waals surface area contributed by atoms with E-state index in [0.29, 0.717) is 17.0 Å². The van der Waals surface area contributed by atoms with Crippen LogP contribution in [0.25, 0.3) is 0 Å². The molecule has 1 aliphatic rings. The van der Waals surface area contributed by atoms with Crippen molar-refractivity contribution in [2.24, 2.45) is 5.92 Å². The number of halogens is 1. The second kappa shape index (κ2) is 6.39. The smallest absolute Gasteiger partial charge is 0.128 e. The first-order chi connectivity index (χ1) is 8.66. The molecule has 1 N–H and O–H groups in total. The number of hydrogen-bond donors (Lipinski definition) is 1. The molecule has 0 spiro atoms. The minimum absolute atomic E-state index is 0.567. The summed E-state index contributed by atoms with van der Waals surface area (Å²) < 4.78 is 0. The molecule has 2 rings (SSSR count). The van der Waals surface area contributed by atoms with E-state index >= 15 is 0 Å². The molecule has 1 saturated heterocycles. The normalized spacial score (nSPS) is 19.8. The maximum absolute atomic E-state index is 5.88. The van der Waals surface area contributed by atoms with Gasteiger partial charge in [0.05, 0.1) is 5.02 Å². The van der Waals surface area contributed by atoms with Crippen LogP contribution in [0.3, 0.4) is 0 Å². The van der Waals surface area contributed by atoms with Crippen LogP contribution in [0.4, 0.5) is 5.82 Å². The van der Waals surface area contributed by atoms with Crippen LogP contribution < -0.4 is 10.2 Å². The van der Waals surface area contributed by atoms with Gasteiger partial charge in [-0.1, -0.05) is 25.4 Å². The van der Waals surface area contributed by atoms with Gasteiger partial charge in [-0.2, -0.15) is 0 Å². The van der Waals surface area contributed by atoms with Gasteiger partial charge in [-0.3, -0.25) is 0 Å². The van der Waals surface area contributed by atoms with E-state index in [9.17, 15) is 0 Å². The van der Waals surface area contributed by atoms with Crippen LogP contribution in [-0.4, -0.2) is 30.7 Å². The van der Waals surface area contributed by atoms with E-state index in [0.717, 1.165) is 25.5 Å². The molecule has 1 unspecified atom stereocenters. The lowest BCUT2D eigenvalue weighted by Gasteiger charge is -2.26. The van der Waals surface area contributed by atoms with Crippen LogP contribution in [-0.2, 0) is 0 Å². The summed E-state index contributed by atoms with van der Waals surface area (Å²) >= 11 is 5.88.